The third kappa shape index (κ3) is 51.6. The monoisotopic (exact) mass is 445 g/mol. The maximum atomic E-state index is 10.3. The van der Waals surface area contributed by atoms with Gasteiger partial charge in [-0.15, -0.1) is 10.1 Å². The van der Waals surface area contributed by atoms with Gasteiger partial charge in [0.25, 0.3) is 5.09 Å². The molecule has 0 aromatic carbocycles. The number of hydrogen-bond acceptors (Lipinski definition) is 12. The van der Waals surface area contributed by atoms with Gasteiger partial charge in [-0.05, 0) is 0 Å². The first-order valence-corrected chi connectivity index (χ1v) is 8.71. The van der Waals surface area contributed by atoms with E-state index in [4.69, 9.17) is 54.5 Å². The summed E-state index contributed by atoms with van der Waals surface area (Å²) in [5.74, 6) is -1.68. The van der Waals surface area contributed by atoms with Gasteiger partial charge >= 0.3 is 71.1 Å². The van der Waals surface area contributed by atoms with Crippen LogP contribution in [0.2, 0.25) is 0 Å². The molecule has 0 rings (SSSR count). The first-order valence-electron chi connectivity index (χ1n) is 4.89. The number of nitrogens with two attached hydrogens (primary N) is 2. The predicted molar refractivity (Wildman–Crippen MR) is 75.4 cm³/mol. The van der Waals surface area contributed by atoms with E-state index in [2.05, 4.69) is 0 Å². The smallest absolute Gasteiger partial charge is 0.759 e. The molecule has 0 amide bonds. The fourth-order valence-corrected chi connectivity index (χ4v) is 2.61. The van der Waals surface area contributed by atoms with E-state index in [9.17, 15) is 9.59 Å². The summed E-state index contributed by atoms with van der Waals surface area (Å²) in [6.45, 7) is 0. The van der Waals surface area contributed by atoms with Gasteiger partial charge < -0.3 is 36.0 Å². The number of nitrogens with zero attached hydrogens (tertiary/aromatic N) is 1. The summed E-state index contributed by atoms with van der Waals surface area (Å²) in [5.41, 5.74) is 10.4. The molecule has 25 heavy (non-hydrogen) atoms. The van der Waals surface area contributed by atoms with Crippen LogP contribution < -0.4 is 70.6 Å². The van der Waals surface area contributed by atoms with Crippen molar-refractivity contribution in [2.24, 2.45) is 11.5 Å². The SMILES string of the molecule is NC(CSSC[C@H](N)C(=O)O)C(=O)O.O=S(=O)([O-])[O-].O=[N+]([O-])O.[Na+].[Na+]. The Balaban J connectivity index is -0.000000102. The number of rotatable bonds is 7. The zero-order chi connectivity index (χ0) is 19.2. The van der Waals surface area contributed by atoms with Gasteiger partial charge in [-0.3, -0.25) is 18.0 Å². The van der Waals surface area contributed by atoms with E-state index in [1.54, 1.807) is 0 Å². The van der Waals surface area contributed by atoms with Crippen molar-refractivity contribution in [3.8, 4) is 0 Å². The molecule has 2 atom stereocenters. The molecule has 0 spiro atoms. The van der Waals surface area contributed by atoms with Crippen LogP contribution in [-0.4, -0.2) is 73.6 Å². The Morgan fingerprint density at radius 3 is 1.28 bits per heavy atom. The third-order valence-electron chi connectivity index (χ3n) is 1.21. The molecule has 0 bridgehead atoms. The molecule has 0 heterocycles. The quantitative estimate of drug-likeness (QED) is 0.0463. The summed E-state index contributed by atoms with van der Waals surface area (Å²) in [7, 11) is -2.76. The van der Waals surface area contributed by atoms with Crippen LogP contribution in [0.15, 0.2) is 0 Å². The van der Waals surface area contributed by atoms with Crippen LogP contribution in [-0.2, 0) is 20.0 Å². The third-order valence-corrected chi connectivity index (χ3v) is 3.69. The van der Waals surface area contributed by atoms with Crippen LogP contribution in [0.4, 0.5) is 0 Å². The molecular weight excluding hydrogens is 432 g/mol. The minimum Gasteiger partial charge on any atom is -0.759 e. The molecule has 0 saturated carbocycles. The molecule has 0 aliphatic rings. The van der Waals surface area contributed by atoms with Crippen LogP contribution in [0.1, 0.15) is 0 Å². The molecule has 0 saturated heterocycles. The summed E-state index contributed by atoms with van der Waals surface area (Å²) in [5, 5.41) is 30.5. The van der Waals surface area contributed by atoms with Crippen LogP contribution in [0.5, 0.6) is 0 Å². The van der Waals surface area contributed by atoms with E-state index in [-0.39, 0.29) is 70.6 Å². The molecule has 0 aromatic heterocycles. The van der Waals surface area contributed by atoms with Gasteiger partial charge in [0.2, 0.25) is 0 Å². The largest absolute Gasteiger partial charge is 1.00 e. The van der Waals surface area contributed by atoms with Crippen LogP contribution in [0.3, 0.4) is 0 Å². The molecule has 138 valence electrons. The van der Waals surface area contributed by atoms with E-state index in [0.29, 0.717) is 0 Å². The average molecular weight is 445 g/mol. The molecule has 0 aliphatic carbocycles. The van der Waals surface area contributed by atoms with E-state index >= 15 is 0 Å². The van der Waals surface area contributed by atoms with Gasteiger partial charge in [-0.1, -0.05) is 21.6 Å². The van der Waals surface area contributed by atoms with Crippen molar-refractivity contribution >= 4 is 43.9 Å². The van der Waals surface area contributed by atoms with Crippen molar-refractivity contribution in [2.75, 3.05) is 11.5 Å². The summed E-state index contributed by atoms with van der Waals surface area (Å²) in [6.07, 6.45) is 0. The fraction of sp³-hybridized carbons (Fsp3) is 0.667. The molecule has 14 nitrogen and oxygen atoms in total. The normalized spacial score (nSPS) is 11.5. The van der Waals surface area contributed by atoms with E-state index < -0.39 is 39.5 Å². The summed E-state index contributed by atoms with van der Waals surface area (Å²) in [4.78, 5) is 28.9. The second-order valence-electron chi connectivity index (χ2n) is 3.10. The number of carboxylic acid groups (broad SMARTS) is 2. The van der Waals surface area contributed by atoms with Crippen molar-refractivity contribution < 1.29 is 107 Å². The first-order chi connectivity index (χ1) is 10.2. The van der Waals surface area contributed by atoms with Gasteiger partial charge in [0.05, 0.1) is 0 Å². The number of aliphatic carboxylic acids is 2. The summed E-state index contributed by atoms with van der Waals surface area (Å²) >= 11 is 0. The zero-order valence-electron chi connectivity index (χ0n) is 13.0. The topological polar surface area (TPSA) is 270 Å². The minimum absolute atomic E-state index is 0. The maximum absolute atomic E-state index is 10.3. The number of carbonyl (C=O) groups is 2. The van der Waals surface area contributed by atoms with Crippen LogP contribution >= 0.6 is 21.6 Å². The molecule has 0 fully saturated rings. The Morgan fingerprint density at radius 2 is 1.16 bits per heavy atom. The van der Waals surface area contributed by atoms with E-state index in [1.165, 1.54) is 21.6 Å². The van der Waals surface area contributed by atoms with Crippen LogP contribution in [0.25, 0.3) is 0 Å². The second kappa shape index (κ2) is 20.9. The zero-order valence-corrected chi connectivity index (χ0v) is 19.5. The Labute approximate surface area is 194 Å². The Hall–Kier alpha value is 0.630. The standard InChI is InChI=1S/C6H12N2O4S2.HNO3.2Na.H2O4S/c7-3(5(9)10)1-13-14-2-4(8)6(11)12;2-1(3)4;;;1-5(2,3)4/h3-4H,1-2,7-8H2,(H,9,10)(H,11,12);(H,2,3,4);;;(H2,1,2,3,4)/q;;2*+1;/p-2/t3-,4?;;;;/m0..../s1. The molecule has 0 aliphatic heterocycles. The predicted octanol–water partition coefficient (Wildman–Crippen LogP) is -8.49. The molecular formula is C6H13N3Na2O11S3. The Bertz CT molecular complexity index is 446. The van der Waals surface area contributed by atoms with Crippen molar-refractivity contribution in [3.05, 3.63) is 10.1 Å². The first kappa shape index (κ1) is 36.5. The van der Waals surface area contributed by atoms with Crippen molar-refractivity contribution in [1.29, 1.82) is 0 Å². The number of hydrogen-bond donors (Lipinski definition) is 5. The molecule has 0 aromatic rings. The van der Waals surface area contributed by atoms with Crippen molar-refractivity contribution in [2.45, 2.75) is 12.1 Å². The van der Waals surface area contributed by atoms with Gasteiger partial charge in [0.15, 0.2) is 0 Å². The Morgan fingerprint density at radius 1 is 1.00 bits per heavy atom. The van der Waals surface area contributed by atoms with Crippen molar-refractivity contribution in [1.82, 2.24) is 0 Å². The fourth-order valence-electron chi connectivity index (χ4n) is 0.385. The Kier molecular flexibility index (Phi) is 30.6. The second-order valence-corrected chi connectivity index (χ2v) is 6.47. The van der Waals surface area contributed by atoms with Crippen molar-refractivity contribution in [3.63, 3.8) is 0 Å². The van der Waals surface area contributed by atoms with Gasteiger partial charge in [0.1, 0.15) is 12.1 Å². The van der Waals surface area contributed by atoms with Crippen LogP contribution in [0, 0.1) is 10.1 Å². The van der Waals surface area contributed by atoms with Gasteiger partial charge in [-0.25, -0.2) is 0 Å². The van der Waals surface area contributed by atoms with Gasteiger partial charge in [-0.2, -0.15) is 0 Å². The average Bonchev–Trinajstić information content (AvgIpc) is 2.30. The molecule has 1 unspecified atom stereocenters. The minimum atomic E-state index is -5.17. The van der Waals surface area contributed by atoms with E-state index in [0.717, 1.165) is 0 Å². The summed E-state index contributed by atoms with van der Waals surface area (Å²) < 4.78 is 34.1. The van der Waals surface area contributed by atoms with E-state index in [1.807, 2.05) is 0 Å². The summed E-state index contributed by atoms with van der Waals surface area (Å²) in [6, 6.07) is -1.85. The molecule has 0 radical (unpaired) electrons. The van der Waals surface area contributed by atoms with Gasteiger partial charge in [0, 0.05) is 21.9 Å². The maximum Gasteiger partial charge on any atom is 1.00 e. The number of carboxylic acids is 2. The molecule has 7 N–H and O–H groups in total. The molecule has 19 heteroatoms.